The van der Waals surface area contributed by atoms with E-state index in [4.69, 9.17) is 10.5 Å². The topological polar surface area (TPSA) is 38.5 Å². The number of thioether (sulfide) groups is 1. The number of anilines is 2. The minimum absolute atomic E-state index is 0.144. The van der Waals surface area contributed by atoms with Gasteiger partial charge < -0.3 is 15.4 Å². The molecule has 0 saturated carbocycles. The van der Waals surface area contributed by atoms with E-state index in [9.17, 15) is 0 Å². The highest BCUT2D eigenvalue weighted by atomic mass is 32.2. The largest absolute Gasteiger partial charge is 0.489 e. The number of hydrogen-bond acceptors (Lipinski definition) is 4. The van der Waals surface area contributed by atoms with Gasteiger partial charge in [-0.2, -0.15) is 11.8 Å². The van der Waals surface area contributed by atoms with Crippen LogP contribution in [0.2, 0.25) is 0 Å². The fourth-order valence-electron chi connectivity index (χ4n) is 2.36. The molecule has 2 atom stereocenters. The van der Waals surface area contributed by atoms with Crippen LogP contribution in [0.4, 0.5) is 11.4 Å². The quantitative estimate of drug-likeness (QED) is 0.861. The zero-order valence-corrected chi connectivity index (χ0v) is 13.0. The van der Waals surface area contributed by atoms with E-state index in [0.29, 0.717) is 17.0 Å². The standard InChI is InChI=1S/C15H24N2OS/c1-10(2)18-15-9-13(5-6-14(15)16)17-7-8-19-12(4)11(17)3/h5-6,9-12H,7-8,16H2,1-4H3. The highest BCUT2D eigenvalue weighted by Crippen LogP contribution is 2.33. The zero-order valence-electron chi connectivity index (χ0n) is 12.2. The molecule has 0 bridgehead atoms. The van der Waals surface area contributed by atoms with Gasteiger partial charge in [-0.25, -0.2) is 0 Å². The molecule has 0 spiro atoms. The third kappa shape index (κ3) is 3.30. The van der Waals surface area contributed by atoms with E-state index in [0.717, 1.165) is 12.3 Å². The minimum atomic E-state index is 0.144. The van der Waals surface area contributed by atoms with Gasteiger partial charge in [0, 0.05) is 35.3 Å². The zero-order chi connectivity index (χ0) is 14.0. The highest BCUT2D eigenvalue weighted by molar-refractivity contribution is 8.00. The molecule has 2 rings (SSSR count). The summed E-state index contributed by atoms with van der Waals surface area (Å²) in [6, 6.07) is 6.66. The van der Waals surface area contributed by atoms with Crippen molar-refractivity contribution >= 4 is 23.1 Å². The molecule has 1 heterocycles. The average molecular weight is 280 g/mol. The molecule has 3 nitrogen and oxygen atoms in total. The van der Waals surface area contributed by atoms with Crippen molar-refractivity contribution in [2.45, 2.75) is 45.1 Å². The first-order valence-electron chi connectivity index (χ1n) is 6.93. The van der Waals surface area contributed by atoms with Crippen LogP contribution in [0.25, 0.3) is 0 Å². The molecule has 0 radical (unpaired) electrons. The Hall–Kier alpha value is -1.03. The number of benzene rings is 1. The van der Waals surface area contributed by atoms with Crippen molar-refractivity contribution < 1.29 is 4.74 Å². The third-order valence-electron chi connectivity index (χ3n) is 3.58. The number of rotatable bonds is 3. The van der Waals surface area contributed by atoms with Crippen LogP contribution < -0.4 is 15.4 Å². The number of nitrogens with two attached hydrogens (primary N) is 1. The molecule has 1 saturated heterocycles. The molecule has 2 unspecified atom stereocenters. The monoisotopic (exact) mass is 280 g/mol. The van der Waals surface area contributed by atoms with Crippen molar-refractivity contribution in [2.24, 2.45) is 0 Å². The first-order valence-corrected chi connectivity index (χ1v) is 7.98. The van der Waals surface area contributed by atoms with Crippen molar-refractivity contribution in [3.8, 4) is 5.75 Å². The van der Waals surface area contributed by atoms with Crippen LogP contribution >= 0.6 is 11.8 Å². The van der Waals surface area contributed by atoms with E-state index in [1.54, 1.807) is 0 Å². The molecule has 106 valence electrons. The van der Waals surface area contributed by atoms with E-state index < -0.39 is 0 Å². The number of hydrogen-bond donors (Lipinski definition) is 1. The van der Waals surface area contributed by atoms with Gasteiger partial charge in [0.15, 0.2) is 0 Å². The summed E-state index contributed by atoms with van der Waals surface area (Å²) in [6.45, 7) is 9.71. The van der Waals surface area contributed by atoms with Crippen LogP contribution in [-0.2, 0) is 0 Å². The van der Waals surface area contributed by atoms with Crippen LogP contribution in [-0.4, -0.2) is 29.7 Å². The number of ether oxygens (including phenoxy) is 1. The van der Waals surface area contributed by atoms with Crippen LogP contribution in [0.1, 0.15) is 27.7 Å². The Morgan fingerprint density at radius 2 is 2.11 bits per heavy atom. The van der Waals surface area contributed by atoms with Crippen LogP contribution in [0.5, 0.6) is 5.75 Å². The Kier molecular flexibility index (Phi) is 4.50. The first-order chi connectivity index (χ1) is 8.99. The number of nitrogen functional groups attached to an aromatic ring is 1. The van der Waals surface area contributed by atoms with Gasteiger partial charge >= 0.3 is 0 Å². The highest BCUT2D eigenvalue weighted by Gasteiger charge is 2.25. The van der Waals surface area contributed by atoms with Gasteiger partial charge in [0.2, 0.25) is 0 Å². The lowest BCUT2D eigenvalue weighted by molar-refractivity contribution is 0.244. The Balaban J connectivity index is 2.24. The maximum Gasteiger partial charge on any atom is 0.144 e. The summed E-state index contributed by atoms with van der Waals surface area (Å²) in [5.74, 6) is 1.97. The van der Waals surface area contributed by atoms with Gasteiger partial charge in [-0.05, 0) is 32.9 Å². The lowest BCUT2D eigenvalue weighted by Crippen LogP contribution is -2.44. The van der Waals surface area contributed by atoms with Crippen molar-refractivity contribution in [3.05, 3.63) is 18.2 Å². The summed E-state index contributed by atoms with van der Waals surface area (Å²) in [5.41, 5.74) is 7.91. The fraction of sp³-hybridized carbons (Fsp3) is 0.600. The summed E-state index contributed by atoms with van der Waals surface area (Å²) < 4.78 is 5.78. The predicted octanol–water partition coefficient (Wildman–Crippen LogP) is 3.39. The third-order valence-corrected chi connectivity index (χ3v) is 4.91. The van der Waals surface area contributed by atoms with Crippen molar-refractivity contribution in [1.82, 2.24) is 0 Å². The summed E-state index contributed by atoms with van der Waals surface area (Å²) in [6.07, 6.45) is 0.144. The first kappa shape index (κ1) is 14.4. The molecule has 2 N–H and O–H groups in total. The molecule has 0 amide bonds. The molecular formula is C15H24N2OS. The SMILES string of the molecule is CC(C)Oc1cc(N2CCSC(C)C2C)ccc1N. The maximum absolute atomic E-state index is 5.98. The van der Waals surface area contributed by atoms with E-state index >= 15 is 0 Å². The van der Waals surface area contributed by atoms with Crippen LogP contribution in [0.3, 0.4) is 0 Å². The van der Waals surface area contributed by atoms with Crippen LogP contribution in [0.15, 0.2) is 18.2 Å². The second-order valence-electron chi connectivity index (χ2n) is 5.40. The smallest absolute Gasteiger partial charge is 0.144 e. The van der Waals surface area contributed by atoms with Crippen LogP contribution in [0, 0.1) is 0 Å². The summed E-state index contributed by atoms with van der Waals surface area (Å²) in [7, 11) is 0. The van der Waals surface area contributed by atoms with Gasteiger partial charge in [0.1, 0.15) is 5.75 Å². The maximum atomic E-state index is 5.98. The van der Waals surface area contributed by atoms with Crippen molar-refractivity contribution in [3.63, 3.8) is 0 Å². The normalized spacial score (nSPS) is 23.7. The lowest BCUT2D eigenvalue weighted by Gasteiger charge is -2.39. The molecule has 1 aromatic carbocycles. The molecule has 4 heteroatoms. The second kappa shape index (κ2) is 5.95. The molecule has 1 aliphatic heterocycles. The predicted molar refractivity (Wildman–Crippen MR) is 85.3 cm³/mol. The summed E-state index contributed by atoms with van der Waals surface area (Å²) in [4.78, 5) is 2.45. The van der Waals surface area contributed by atoms with E-state index in [1.807, 2.05) is 31.7 Å². The Labute approximate surface area is 120 Å². The fourth-order valence-corrected chi connectivity index (χ4v) is 3.45. The van der Waals surface area contributed by atoms with Gasteiger partial charge in [0.05, 0.1) is 11.8 Å². The molecule has 1 aromatic rings. The second-order valence-corrected chi connectivity index (χ2v) is 6.88. The Morgan fingerprint density at radius 1 is 1.37 bits per heavy atom. The molecule has 1 fully saturated rings. The molecular weight excluding hydrogens is 256 g/mol. The van der Waals surface area contributed by atoms with Crippen molar-refractivity contribution in [2.75, 3.05) is 22.9 Å². The molecule has 0 aliphatic carbocycles. The average Bonchev–Trinajstić information content (AvgIpc) is 2.35. The lowest BCUT2D eigenvalue weighted by atomic mass is 10.1. The van der Waals surface area contributed by atoms with Gasteiger partial charge in [-0.15, -0.1) is 0 Å². The van der Waals surface area contributed by atoms with E-state index in [-0.39, 0.29) is 6.10 Å². The van der Waals surface area contributed by atoms with E-state index in [1.165, 1.54) is 11.4 Å². The molecule has 19 heavy (non-hydrogen) atoms. The van der Waals surface area contributed by atoms with E-state index in [2.05, 4.69) is 30.9 Å². The molecule has 0 aromatic heterocycles. The Morgan fingerprint density at radius 3 is 2.79 bits per heavy atom. The van der Waals surface area contributed by atoms with Crippen molar-refractivity contribution in [1.29, 1.82) is 0 Å². The Bertz CT molecular complexity index is 436. The summed E-state index contributed by atoms with van der Waals surface area (Å²) >= 11 is 2.04. The molecule has 1 aliphatic rings. The van der Waals surface area contributed by atoms with Gasteiger partial charge in [-0.3, -0.25) is 0 Å². The number of nitrogens with zero attached hydrogens (tertiary/aromatic N) is 1. The van der Waals surface area contributed by atoms with Gasteiger partial charge in [-0.1, -0.05) is 6.92 Å². The van der Waals surface area contributed by atoms with Gasteiger partial charge in [0.25, 0.3) is 0 Å². The minimum Gasteiger partial charge on any atom is -0.489 e. The summed E-state index contributed by atoms with van der Waals surface area (Å²) in [5, 5.41) is 0.653.